The molecule has 1 saturated heterocycles. The molecule has 1 fully saturated rings. The zero-order valence-electron chi connectivity index (χ0n) is 17.0. The monoisotopic (exact) mass is 400 g/mol. The molecule has 0 unspecified atom stereocenters. The van der Waals surface area contributed by atoms with Gasteiger partial charge in [0.05, 0.1) is 12.1 Å². The quantitative estimate of drug-likeness (QED) is 0.514. The smallest absolute Gasteiger partial charge is 0.274 e. The number of nitrogens with zero attached hydrogens (tertiary/aromatic N) is 4. The van der Waals surface area contributed by atoms with Crippen LogP contribution in [0.25, 0.3) is 5.65 Å². The van der Waals surface area contributed by atoms with E-state index >= 15 is 0 Å². The number of imidazole rings is 1. The van der Waals surface area contributed by atoms with E-state index in [0.29, 0.717) is 12.2 Å². The van der Waals surface area contributed by atoms with E-state index in [2.05, 4.69) is 22.1 Å². The summed E-state index contributed by atoms with van der Waals surface area (Å²) in [6, 6.07) is 16.1. The standard InChI is InChI=1S/C24H24N4O2/c1-17-7-5-11-22-26-21(16-28(17)22)24(29)27-12-6-10-19(15-27)23-25-14-20(30-23)13-18-8-3-2-4-9-18/h2-5,7-9,11,14,16,19H,6,10,12-13,15H2,1H3/t19-/m1/s1. The summed E-state index contributed by atoms with van der Waals surface area (Å²) in [6.07, 6.45) is 6.27. The fraction of sp³-hybridized carbons (Fsp3) is 0.292. The van der Waals surface area contributed by atoms with Crippen LogP contribution >= 0.6 is 0 Å². The molecule has 1 aliphatic rings. The summed E-state index contributed by atoms with van der Waals surface area (Å²) in [5.74, 6) is 1.67. The summed E-state index contributed by atoms with van der Waals surface area (Å²) in [4.78, 5) is 24.0. The number of benzene rings is 1. The van der Waals surface area contributed by atoms with E-state index in [4.69, 9.17) is 4.42 Å². The van der Waals surface area contributed by atoms with Crippen LogP contribution in [-0.4, -0.2) is 38.3 Å². The van der Waals surface area contributed by atoms with Gasteiger partial charge in [0, 0.05) is 31.4 Å². The van der Waals surface area contributed by atoms with Gasteiger partial charge in [-0.1, -0.05) is 36.4 Å². The lowest BCUT2D eigenvalue weighted by Crippen LogP contribution is -2.39. The first-order valence-corrected chi connectivity index (χ1v) is 10.4. The van der Waals surface area contributed by atoms with E-state index in [9.17, 15) is 4.79 Å². The van der Waals surface area contributed by atoms with E-state index in [0.717, 1.165) is 48.8 Å². The third kappa shape index (κ3) is 3.61. The molecule has 0 spiro atoms. The molecular weight excluding hydrogens is 376 g/mol. The minimum absolute atomic E-state index is 0.0288. The SMILES string of the molecule is Cc1cccc2nc(C(=O)N3CCC[C@@H](c4ncc(Cc5ccccc5)o4)C3)cn12. The molecule has 0 aliphatic carbocycles. The van der Waals surface area contributed by atoms with E-state index in [1.165, 1.54) is 5.56 Å². The topological polar surface area (TPSA) is 63.6 Å². The second-order valence-corrected chi connectivity index (χ2v) is 7.94. The van der Waals surface area contributed by atoms with Crippen molar-refractivity contribution in [1.29, 1.82) is 0 Å². The van der Waals surface area contributed by atoms with Crippen LogP contribution in [0.1, 0.15) is 52.2 Å². The number of carbonyl (C=O) groups is 1. The maximum atomic E-state index is 13.1. The summed E-state index contributed by atoms with van der Waals surface area (Å²) in [5, 5.41) is 0. The van der Waals surface area contributed by atoms with Crippen molar-refractivity contribution < 1.29 is 9.21 Å². The van der Waals surface area contributed by atoms with Gasteiger partial charge in [0.1, 0.15) is 17.1 Å². The number of hydrogen-bond donors (Lipinski definition) is 0. The molecule has 4 aromatic rings. The minimum atomic E-state index is -0.0288. The van der Waals surface area contributed by atoms with Crippen molar-refractivity contribution in [2.75, 3.05) is 13.1 Å². The van der Waals surface area contributed by atoms with E-state index in [1.807, 2.05) is 65.0 Å². The first-order chi connectivity index (χ1) is 14.7. The zero-order chi connectivity index (χ0) is 20.5. The highest BCUT2D eigenvalue weighted by atomic mass is 16.4. The summed E-state index contributed by atoms with van der Waals surface area (Å²) in [5.41, 5.74) is 3.54. The van der Waals surface area contributed by atoms with Gasteiger partial charge in [0.25, 0.3) is 5.91 Å². The van der Waals surface area contributed by atoms with Gasteiger partial charge in [-0.05, 0) is 37.5 Å². The highest BCUT2D eigenvalue weighted by Crippen LogP contribution is 2.28. The number of amides is 1. The van der Waals surface area contributed by atoms with Crippen molar-refractivity contribution in [3.05, 3.63) is 89.5 Å². The predicted octanol–water partition coefficient (Wildman–Crippen LogP) is 4.24. The molecule has 0 N–H and O–H groups in total. The van der Waals surface area contributed by atoms with Crippen molar-refractivity contribution in [3.63, 3.8) is 0 Å². The van der Waals surface area contributed by atoms with Crippen molar-refractivity contribution in [2.45, 2.75) is 32.1 Å². The van der Waals surface area contributed by atoms with Crippen LogP contribution in [0.4, 0.5) is 0 Å². The van der Waals surface area contributed by atoms with Gasteiger partial charge in [0.15, 0.2) is 5.89 Å². The Kier molecular flexibility index (Phi) is 4.83. The van der Waals surface area contributed by atoms with Gasteiger partial charge in [-0.15, -0.1) is 0 Å². The fourth-order valence-electron chi connectivity index (χ4n) is 4.17. The fourth-order valence-corrected chi connectivity index (χ4v) is 4.17. The molecule has 6 heteroatoms. The second kappa shape index (κ2) is 7.78. The predicted molar refractivity (Wildman–Crippen MR) is 114 cm³/mol. The Labute approximate surface area is 175 Å². The van der Waals surface area contributed by atoms with Gasteiger partial charge in [-0.3, -0.25) is 4.79 Å². The molecule has 0 saturated carbocycles. The number of aryl methyl sites for hydroxylation is 1. The van der Waals surface area contributed by atoms with Crippen LogP contribution in [0.5, 0.6) is 0 Å². The third-order valence-electron chi connectivity index (χ3n) is 5.77. The number of pyridine rings is 1. The molecule has 0 radical (unpaired) electrons. The number of rotatable bonds is 4. The summed E-state index contributed by atoms with van der Waals surface area (Å²) >= 11 is 0. The normalized spacial score (nSPS) is 16.8. The van der Waals surface area contributed by atoms with Crippen LogP contribution in [0.2, 0.25) is 0 Å². The maximum Gasteiger partial charge on any atom is 0.274 e. The molecule has 0 bridgehead atoms. The van der Waals surface area contributed by atoms with Crippen LogP contribution in [0.3, 0.4) is 0 Å². The average molecular weight is 400 g/mol. The van der Waals surface area contributed by atoms with Crippen molar-refractivity contribution >= 4 is 11.6 Å². The molecular formula is C24H24N4O2. The number of likely N-dealkylation sites (tertiary alicyclic amines) is 1. The Bertz CT molecular complexity index is 1180. The van der Waals surface area contributed by atoms with Crippen LogP contribution in [-0.2, 0) is 6.42 Å². The number of aromatic nitrogens is 3. The van der Waals surface area contributed by atoms with Crippen LogP contribution in [0.15, 0.2) is 65.3 Å². The summed E-state index contributed by atoms with van der Waals surface area (Å²) in [7, 11) is 0. The number of carbonyl (C=O) groups excluding carboxylic acids is 1. The number of piperidine rings is 1. The molecule has 4 heterocycles. The zero-order valence-corrected chi connectivity index (χ0v) is 17.0. The maximum absolute atomic E-state index is 13.1. The minimum Gasteiger partial charge on any atom is -0.445 e. The molecule has 1 aromatic carbocycles. The Morgan fingerprint density at radius 3 is 2.87 bits per heavy atom. The highest BCUT2D eigenvalue weighted by molar-refractivity contribution is 5.93. The Morgan fingerprint density at radius 2 is 2.03 bits per heavy atom. The lowest BCUT2D eigenvalue weighted by Gasteiger charge is -2.30. The molecule has 5 rings (SSSR count). The Balaban J connectivity index is 1.31. The van der Waals surface area contributed by atoms with Crippen molar-refractivity contribution in [2.24, 2.45) is 0 Å². The van der Waals surface area contributed by atoms with Crippen molar-refractivity contribution in [3.8, 4) is 0 Å². The summed E-state index contributed by atoms with van der Waals surface area (Å²) < 4.78 is 8.01. The van der Waals surface area contributed by atoms with Gasteiger partial charge >= 0.3 is 0 Å². The van der Waals surface area contributed by atoms with Crippen molar-refractivity contribution in [1.82, 2.24) is 19.3 Å². The van der Waals surface area contributed by atoms with Gasteiger partial charge in [-0.2, -0.15) is 0 Å². The second-order valence-electron chi connectivity index (χ2n) is 7.94. The van der Waals surface area contributed by atoms with Gasteiger partial charge in [0.2, 0.25) is 0 Å². The number of fused-ring (bicyclic) bond motifs is 1. The van der Waals surface area contributed by atoms with E-state index in [-0.39, 0.29) is 11.8 Å². The highest BCUT2D eigenvalue weighted by Gasteiger charge is 2.29. The van der Waals surface area contributed by atoms with Gasteiger partial charge in [-0.25, -0.2) is 9.97 Å². The van der Waals surface area contributed by atoms with Gasteiger partial charge < -0.3 is 13.7 Å². The molecule has 6 nitrogen and oxygen atoms in total. The molecule has 152 valence electrons. The Morgan fingerprint density at radius 1 is 1.17 bits per heavy atom. The lowest BCUT2D eigenvalue weighted by molar-refractivity contribution is 0.0692. The van der Waals surface area contributed by atoms with E-state index < -0.39 is 0 Å². The number of oxazole rings is 1. The Hall–Kier alpha value is -3.41. The summed E-state index contributed by atoms with van der Waals surface area (Å²) in [6.45, 7) is 3.35. The lowest BCUT2D eigenvalue weighted by atomic mass is 9.98. The van der Waals surface area contributed by atoms with E-state index in [1.54, 1.807) is 0 Å². The largest absolute Gasteiger partial charge is 0.445 e. The van der Waals surface area contributed by atoms with Crippen LogP contribution in [0, 0.1) is 6.92 Å². The first kappa shape index (κ1) is 18.6. The third-order valence-corrected chi connectivity index (χ3v) is 5.77. The molecule has 30 heavy (non-hydrogen) atoms. The molecule has 1 amide bonds. The van der Waals surface area contributed by atoms with Crippen LogP contribution < -0.4 is 0 Å². The average Bonchev–Trinajstić information content (AvgIpc) is 3.42. The molecule has 1 aliphatic heterocycles. The molecule has 3 aromatic heterocycles. The number of hydrogen-bond acceptors (Lipinski definition) is 4. The molecule has 1 atom stereocenters. The first-order valence-electron chi connectivity index (χ1n) is 10.4.